The van der Waals surface area contributed by atoms with Gasteiger partial charge in [-0.25, -0.2) is 0 Å². The predicted octanol–water partition coefficient (Wildman–Crippen LogP) is 3.88. The summed E-state index contributed by atoms with van der Waals surface area (Å²) in [6, 6.07) is 0.233. The van der Waals surface area contributed by atoms with Crippen molar-refractivity contribution in [3.8, 4) is 0 Å². The quantitative estimate of drug-likeness (QED) is 0.546. The van der Waals surface area contributed by atoms with Gasteiger partial charge in [0.2, 0.25) is 0 Å². The highest BCUT2D eigenvalue weighted by molar-refractivity contribution is 4.72. The first-order chi connectivity index (χ1) is 7.76. The smallest absolute Gasteiger partial charge is 0.0723 e. The standard InChI is InChI=1S/C14H31NO/c1-4-7-8-9-10-11-12-13(15)14(5-2)16-6-3/h13-14H,4-12,15H2,1-3H3. The summed E-state index contributed by atoms with van der Waals surface area (Å²) < 4.78 is 5.62. The third-order valence-corrected chi connectivity index (χ3v) is 3.15. The number of hydrogen-bond acceptors (Lipinski definition) is 2. The van der Waals surface area contributed by atoms with Gasteiger partial charge in [0, 0.05) is 12.6 Å². The molecule has 16 heavy (non-hydrogen) atoms. The molecule has 0 amide bonds. The molecular weight excluding hydrogens is 198 g/mol. The predicted molar refractivity (Wildman–Crippen MR) is 71.7 cm³/mol. The Morgan fingerprint density at radius 2 is 1.56 bits per heavy atom. The van der Waals surface area contributed by atoms with Gasteiger partial charge in [-0.3, -0.25) is 0 Å². The first-order valence-electron chi connectivity index (χ1n) is 7.13. The van der Waals surface area contributed by atoms with Crippen molar-refractivity contribution in [2.45, 2.75) is 84.3 Å². The van der Waals surface area contributed by atoms with E-state index in [4.69, 9.17) is 10.5 Å². The van der Waals surface area contributed by atoms with Gasteiger partial charge in [-0.15, -0.1) is 0 Å². The van der Waals surface area contributed by atoms with E-state index in [9.17, 15) is 0 Å². The highest BCUT2D eigenvalue weighted by Crippen LogP contribution is 2.12. The summed E-state index contributed by atoms with van der Waals surface area (Å²) in [5, 5.41) is 0. The summed E-state index contributed by atoms with van der Waals surface area (Å²) in [5.74, 6) is 0. The maximum absolute atomic E-state index is 6.13. The molecule has 0 aliphatic heterocycles. The lowest BCUT2D eigenvalue weighted by Crippen LogP contribution is -2.36. The van der Waals surface area contributed by atoms with E-state index in [0.29, 0.717) is 0 Å². The first kappa shape index (κ1) is 15.9. The average molecular weight is 229 g/mol. The van der Waals surface area contributed by atoms with Gasteiger partial charge in [0.25, 0.3) is 0 Å². The Hall–Kier alpha value is -0.0800. The normalized spacial score (nSPS) is 15.0. The minimum Gasteiger partial charge on any atom is -0.377 e. The van der Waals surface area contributed by atoms with Crippen LogP contribution in [-0.2, 0) is 4.74 Å². The van der Waals surface area contributed by atoms with Crippen molar-refractivity contribution in [2.24, 2.45) is 5.73 Å². The Morgan fingerprint density at radius 1 is 0.938 bits per heavy atom. The van der Waals surface area contributed by atoms with Crippen molar-refractivity contribution in [1.82, 2.24) is 0 Å². The van der Waals surface area contributed by atoms with Crippen LogP contribution in [0, 0.1) is 0 Å². The monoisotopic (exact) mass is 229 g/mol. The van der Waals surface area contributed by atoms with E-state index in [1.54, 1.807) is 0 Å². The highest BCUT2D eigenvalue weighted by atomic mass is 16.5. The third-order valence-electron chi connectivity index (χ3n) is 3.15. The van der Waals surface area contributed by atoms with Crippen molar-refractivity contribution in [3.05, 3.63) is 0 Å². The van der Waals surface area contributed by atoms with Gasteiger partial charge < -0.3 is 10.5 Å². The molecule has 0 saturated carbocycles. The molecule has 0 bridgehead atoms. The van der Waals surface area contributed by atoms with Crippen molar-refractivity contribution >= 4 is 0 Å². The van der Waals surface area contributed by atoms with Crippen LogP contribution in [0.4, 0.5) is 0 Å². The van der Waals surface area contributed by atoms with Crippen LogP contribution in [0.25, 0.3) is 0 Å². The Balaban J connectivity index is 3.43. The summed E-state index contributed by atoms with van der Waals surface area (Å²) in [4.78, 5) is 0. The Labute approximate surface area is 102 Å². The molecule has 0 aliphatic rings. The van der Waals surface area contributed by atoms with Gasteiger partial charge in [-0.2, -0.15) is 0 Å². The van der Waals surface area contributed by atoms with Crippen LogP contribution < -0.4 is 5.73 Å². The molecule has 2 unspecified atom stereocenters. The van der Waals surface area contributed by atoms with Gasteiger partial charge in [-0.05, 0) is 19.8 Å². The van der Waals surface area contributed by atoms with E-state index in [0.717, 1.165) is 19.4 Å². The largest absolute Gasteiger partial charge is 0.377 e. The van der Waals surface area contributed by atoms with Crippen molar-refractivity contribution in [1.29, 1.82) is 0 Å². The van der Waals surface area contributed by atoms with Crippen LogP contribution in [0.1, 0.15) is 72.1 Å². The molecule has 0 aromatic heterocycles. The summed E-state index contributed by atoms with van der Waals surface area (Å²) >= 11 is 0. The fourth-order valence-corrected chi connectivity index (χ4v) is 2.10. The molecule has 0 aliphatic carbocycles. The zero-order chi connectivity index (χ0) is 12.2. The zero-order valence-electron chi connectivity index (χ0n) is 11.5. The summed E-state index contributed by atoms with van der Waals surface area (Å²) in [6.07, 6.45) is 10.4. The molecule has 0 aromatic carbocycles. The molecule has 2 nitrogen and oxygen atoms in total. The minimum atomic E-state index is 0.233. The van der Waals surface area contributed by atoms with Crippen LogP contribution in [-0.4, -0.2) is 18.8 Å². The topological polar surface area (TPSA) is 35.2 Å². The van der Waals surface area contributed by atoms with Crippen LogP contribution in [0.5, 0.6) is 0 Å². The van der Waals surface area contributed by atoms with E-state index >= 15 is 0 Å². The SMILES string of the molecule is CCCCCCCCC(N)C(CC)OCC. The second kappa shape index (κ2) is 11.4. The molecule has 2 atom stereocenters. The molecule has 0 aromatic rings. The Morgan fingerprint density at radius 3 is 2.12 bits per heavy atom. The fraction of sp³-hybridized carbons (Fsp3) is 1.00. The first-order valence-corrected chi connectivity index (χ1v) is 7.13. The van der Waals surface area contributed by atoms with Crippen molar-refractivity contribution in [3.63, 3.8) is 0 Å². The molecule has 0 spiro atoms. The maximum Gasteiger partial charge on any atom is 0.0723 e. The Bertz CT molecular complexity index is 139. The molecular formula is C14H31NO. The molecule has 2 N–H and O–H groups in total. The number of hydrogen-bond donors (Lipinski definition) is 1. The number of nitrogens with two attached hydrogens (primary N) is 1. The van der Waals surface area contributed by atoms with Crippen LogP contribution >= 0.6 is 0 Å². The van der Waals surface area contributed by atoms with E-state index in [-0.39, 0.29) is 12.1 Å². The molecule has 0 radical (unpaired) electrons. The Kier molecular flexibility index (Phi) is 11.3. The lowest BCUT2D eigenvalue weighted by atomic mass is 10.0. The van der Waals surface area contributed by atoms with Crippen molar-refractivity contribution in [2.75, 3.05) is 6.61 Å². The average Bonchev–Trinajstić information content (AvgIpc) is 2.30. The summed E-state index contributed by atoms with van der Waals surface area (Å²) in [6.45, 7) is 7.23. The lowest BCUT2D eigenvalue weighted by molar-refractivity contribution is 0.0391. The van der Waals surface area contributed by atoms with Gasteiger partial charge in [0.15, 0.2) is 0 Å². The van der Waals surface area contributed by atoms with Gasteiger partial charge in [0.05, 0.1) is 6.10 Å². The van der Waals surface area contributed by atoms with Crippen LogP contribution in [0.2, 0.25) is 0 Å². The molecule has 0 heterocycles. The van der Waals surface area contributed by atoms with E-state index in [1.807, 2.05) is 6.92 Å². The van der Waals surface area contributed by atoms with Gasteiger partial charge >= 0.3 is 0 Å². The van der Waals surface area contributed by atoms with E-state index in [2.05, 4.69) is 13.8 Å². The minimum absolute atomic E-state index is 0.233. The highest BCUT2D eigenvalue weighted by Gasteiger charge is 2.14. The second-order valence-corrected chi connectivity index (χ2v) is 4.62. The molecule has 2 heteroatoms. The summed E-state index contributed by atoms with van der Waals surface area (Å²) in [5.41, 5.74) is 6.13. The third kappa shape index (κ3) is 8.12. The van der Waals surface area contributed by atoms with Gasteiger partial charge in [0.1, 0.15) is 0 Å². The molecule has 0 fully saturated rings. The van der Waals surface area contributed by atoms with E-state index in [1.165, 1.54) is 38.5 Å². The van der Waals surface area contributed by atoms with Gasteiger partial charge in [-0.1, -0.05) is 52.4 Å². The molecule has 0 saturated heterocycles. The van der Waals surface area contributed by atoms with Crippen LogP contribution in [0.3, 0.4) is 0 Å². The number of rotatable bonds is 11. The molecule has 0 rings (SSSR count). The second-order valence-electron chi connectivity index (χ2n) is 4.62. The molecule has 98 valence electrons. The van der Waals surface area contributed by atoms with Crippen LogP contribution in [0.15, 0.2) is 0 Å². The van der Waals surface area contributed by atoms with Crippen molar-refractivity contribution < 1.29 is 4.74 Å². The summed E-state index contributed by atoms with van der Waals surface area (Å²) in [7, 11) is 0. The number of ether oxygens (including phenoxy) is 1. The zero-order valence-corrected chi connectivity index (χ0v) is 11.5. The van der Waals surface area contributed by atoms with E-state index < -0.39 is 0 Å². The lowest BCUT2D eigenvalue weighted by Gasteiger charge is -2.22. The fourth-order valence-electron chi connectivity index (χ4n) is 2.10. The number of unbranched alkanes of at least 4 members (excludes halogenated alkanes) is 5. The maximum atomic E-state index is 6.13.